The minimum Gasteiger partial charge on any atom is -0.309 e. The van der Waals surface area contributed by atoms with Crippen LogP contribution in [0.4, 0.5) is 19.0 Å². The van der Waals surface area contributed by atoms with Gasteiger partial charge in [0.2, 0.25) is 11.8 Å². The predicted octanol–water partition coefficient (Wildman–Crippen LogP) is 5.77. The highest BCUT2D eigenvalue weighted by molar-refractivity contribution is 7.27. The van der Waals surface area contributed by atoms with Crippen LogP contribution in [0.15, 0.2) is 53.6 Å². The lowest BCUT2D eigenvalue weighted by molar-refractivity contribution is -0.115. The Hall–Kier alpha value is -4.59. The number of carbonyl (C=O) groups excluding carboxylic acids is 2. The number of nitrogens with one attached hydrogen (secondary N) is 1. The van der Waals surface area contributed by atoms with Crippen molar-refractivity contribution in [2.45, 2.75) is 26.2 Å². The molecule has 0 saturated heterocycles. The smallest absolute Gasteiger partial charge is 0.249 e. The van der Waals surface area contributed by atoms with E-state index in [-0.39, 0.29) is 22.5 Å². The molecule has 12 heteroatoms. The maximum Gasteiger partial charge on any atom is 0.249 e. The number of benzene rings is 3. The number of rotatable bonds is 5. The average Bonchev–Trinajstić information content (AvgIpc) is 2.97. The van der Waals surface area contributed by atoms with Crippen LogP contribution in [0.25, 0.3) is 33.0 Å². The first-order chi connectivity index (χ1) is 19.2. The quantitative estimate of drug-likeness (QED) is 0.110. The number of nitrogens with zero attached hydrogens (tertiary/aromatic N) is 5. The Balaban J connectivity index is 1.55. The number of hydrogen-bond acceptors (Lipinski definition) is 4. The second-order valence-corrected chi connectivity index (χ2v) is 9.71. The van der Waals surface area contributed by atoms with Crippen LogP contribution in [0.3, 0.4) is 0 Å². The van der Waals surface area contributed by atoms with Crippen LogP contribution in [0, 0.1) is 24.4 Å². The summed E-state index contributed by atoms with van der Waals surface area (Å²) in [4.78, 5) is 37.2. The first-order valence-electron chi connectivity index (χ1n) is 12.1. The van der Waals surface area contributed by atoms with Crippen molar-refractivity contribution >= 4 is 32.2 Å². The largest absolute Gasteiger partial charge is 0.309 e. The molecule has 1 N–H and O–H groups in total. The lowest BCUT2D eigenvalue weighted by Crippen LogP contribution is -2.22. The number of fused-ring (bicyclic) bond motifs is 3. The van der Waals surface area contributed by atoms with E-state index in [2.05, 4.69) is 15.3 Å². The summed E-state index contributed by atoms with van der Waals surface area (Å²) in [5.74, 6) is -4.76. The molecule has 0 aliphatic heterocycles. The minimum atomic E-state index is -1.31. The second-order valence-electron chi connectivity index (χ2n) is 9.13. The fraction of sp³-hybridized carbons (Fsp3) is 0.143. The molecule has 5 rings (SSSR count). The highest BCUT2D eigenvalue weighted by Crippen LogP contribution is 2.36. The van der Waals surface area contributed by atoms with Gasteiger partial charge in [0.15, 0.2) is 17.5 Å². The zero-order valence-corrected chi connectivity index (χ0v) is 22.2. The van der Waals surface area contributed by atoms with Gasteiger partial charge in [-0.15, -0.1) is 0 Å². The number of aromatic nitrogens is 2. The molecule has 0 bridgehead atoms. The SMILES string of the molecule is Cc1c(F)c(F)c(P)c(F)c1CC(=O)Nc1nc2c(nc1-c1ccccc1)-c1ccc(C(=O)N=[N+]=[N-])cc1CC2. The molecule has 40 heavy (non-hydrogen) atoms. The maximum atomic E-state index is 14.8. The van der Waals surface area contributed by atoms with Gasteiger partial charge in [-0.1, -0.05) is 51.7 Å². The summed E-state index contributed by atoms with van der Waals surface area (Å²) < 4.78 is 42.9. The summed E-state index contributed by atoms with van der Waals surface area (Å²) in [5, 5.41) is 5.25. The van der Waals surface area contributed by atoms with Crippen LogP contribution in [-0.4, -0.2) is 21.8 Å². The van der Waals surface area contributed by atoms with Gasteiger partial charge >= 0.3 is 0 Å². The molecule has 0 spiro atoms. The third kappa shape index (κ3) is 4.93. The fourth-order valence-corrected chi connectivity index (χ4v) is 4.95. The minimum absolute atomic E-state index is 0.139. The topological polar surface area (TPSA) is 121 Å². The highest BCUT2D eigenvalue weighted by atomic mass is 31.0. The molecular weight excluding hydrogens is 540 g/mol. The van der Waals surface area contributed by atoms with Crippen molar-refractivity contribution in [2.75, 3.05) is 5.32 Å². The molecule has 0 saturated carbocycles. The molecule has 0 fully saturated rings. The van der Waals surface area contributed by atoms with Gasteiger partial charge in [-0.2, -0.15) is 0 Å². The summed E-state index contributed by atoms with van der Waals surface area (Å²) in [5.41, 5.74) is 12.0. The van der Waals surface area contributed by atoms with Crippen molar-refractivity contribution in [1.82, 2.24) is 9.97 Å². The zero-order valence-electron chi connectivity index (χ0n) is 21.0. The van der Waals surface area contributed by atoms with E-state index >= 15 is 0 Å². The van der Waals surface area contributed by atoms with Gasteiger partial charge in [-0.05, 0) is 47.6 Å². The molecule has 1 heterocycles. The van der Waals surface area contributed by atoms with Crippen molar-refractivity contribution in [3.8, 4) is 22.5 Å². The van der Waals surface area contributed by atoms with Gasteiger partial charge in [0, 0.05) is 32.5 Å². The van der Waals surface area contributed by atoms with Gasteiger partial charge in [-0.25, -0.2) is 23.1 Å². The van der Waals surface area contributed by atoms with Crippen molar-refractivity contribution in [3.63, 3.8) is 0 Å². The molecule has 2 amide bonds. The van der Waals surface area contributed by atoms with Crippen LogP contribution in [0.2, 0.25) is 0 Å². The summed E-state index contributed by atoms with van der Waals surface area (Å²) >= 11 is 0. The summed E-state index contributed by atoms with van der Waals surface area (Å²) in [7, 11) is 1.82. The lowest BCUT2D eigenvalue weighted by atomic mass is 9.90. The van der Waals surface area contributed by atoms with Gasteiger partial charge in [-0.3, -0.25) is 9.59 Å². The number of halogens is 3. The lowest BCUT2D eigenvalue weighted by Gasteiger charge is -2.21. The number of hydrogen-bond donors (Lipinski definition) is 1. The molecule has 1 unspecified atom stereocenters. The van der Waals surface area contributed by atoms with Crippen molar-refractivity contribution < 1.29 is 22.8 Å². The molecule has 200 valence electrons. The summed E-state index contributed by atoms with van der Waals surface area (Å²) in [6, 6.07) is 13.9. The average molecular weight is 560 g/mol. The molecule has 0 radical (unpaired) electrons. The van der Waals surface area contributed by atoms with Crippen LogP contribution in [0.1, 0.15) is 32.7 Å². The van der Waals surface area contributed by atoms with Crippen molar-refractivity contribution in [3.05, 3.63) is 104 Å². The highest BCUT2D eigenvalue weighted by Gasteiger charge is 2.26. The normalized spacial score (nSPS) is 11.7. The Bertz CT molecular complexity index is 1730. The van der Waals surface area contributed by atoms with E-state index in [1.54, 1.807) is 42.5 Å². The third-order valence-electron chi connectivity index (χ3n) is 6.70. The van der Waals surface area contributed by atoms with E-state index in [0.29, 0.717) is 35.5 Å². The van der Waals surface area contributed by atoms with Gasteiger partial charge in [0.25, 0.3) is 0 Å². The predicted molar refractivity (Wildman–Crippen MR) is 147 cm³/mol. The Morgan fingerprint density at radius 2 is 1.77 bits per heavy atom. The Kier molecular flexibility index (Phi) is 7.34. The molecule has 1 aromatic heterocycles. The molecule has 1 aliphatic rings. The Morgan fingerprint density at radius 3 is 2.50 bits per heavy atom. The van der Waals surface area contributed by atoms with Crippen molar-refractivity contribution in [2.24, 2.45) is 5.11 Å². The van der Waals surface area contributed by atoms with Crippen molar-refractivity contribution in [1.29, 1.82) is 0 Å². The fourth-order valence-electron chi connectivity index (χ4n) is 4.65. The van der Waals surface area contributed by atoms with Gasteiger partial charge in [0.05, 0.1) is 17.8 Å². The number of carbonyl (C=O) groups is 2. The molecule has 1 atom stereocenters. The molecule has 3 aromatic carbocycles. The van der Waals surface area contributed by atoms with Gasteiger partial charge < -0.3 is 5.32 Å². The zero-order chi connectivity index (χ0) is 28.6. The van der Waals surface area contributed by atoms with E-state index in [9.17, 15) is 22.8 Å². The molecule has 1 aliphatic carbocycles. The number of aryl methyl sites for hydroxylation is 2. The monoisotopic (exact) mass is 560 g/mol. The van der Waals surface area contributed by atoms with Gasteiger partial charge in [0.1, 0.15) is 11.5 Å². The van der Waals surface area contributed by atoms with E-state index < -0.39 is 41.0 Å². The number of amides is 2. The number of azide groups is 1. The van der Waals surface area contributed by atoms with E-state index in [1.807, 2.05) is 15.3 Å². The van der Waals surface area contributed by atoms with Crippen LogP contribution >= 0.6 is 9.24 Å². The Labute approximate surface area is 228 Å². The van der Waals surface area contributed by atoms with E-state index in [4.69, 9.17) is 15.5 Å². The van der Waals surface area contributed by atoms with E-state index in [1.165, 1.54) is 6.92 Å². The molecule has 8 nitrogen and oxygen atoms in total. The summed E-state index contributed by atoms with van der Waals surface area (Å²) in [6.45, 7) is 1.21. The second kappa shape index (κ2) is 10.9. The van der Waals surface area contributed by atoms with Crippen LogP contribution < -0.4 is 10.6 Å². The molecule has 4 aromatic rings. The summed E-state index contributed by atoms with van der Waals surface area (Å²) in [6.07, 6.45) is 0.413. The maximum absolute atomic E-state index is 14.8. The first-order valence-corrected chi connectivity index (χ1v) is 12.7. The first kappa shape index (κ1) is 27.0. The standard InChI is InChI=1S/C28H20F3N6O2P/c1-13-18(22(30)26(40)23(31)21(13)29)12-20(38)34-27-24(14-5-3-2-4-6-14)35-25-17-9-7-16(28(39)36-37-32)11-15(17)8-10-19(25)33-27/h2-7,9,11H,8,10,12,40H2,1H3,(H,33,34,38). The Morgan fingerprint density at radius 1 is 1.02 bits per heavy atom. The van der Waals surface area contributed by atoms with E-state index in [0.717, 1.165) is 11.1 Å². The number of anilines is 1. The van der Waals surface area contributed by atoms with Crippen LogP contribution in [-0.2, 0) is 24.1 Å². The third-order valence-corrected chi connectivity index (χ3v) is 7.20. The molecular formula is C28H20F3N6O2P. The van der Waals surface area contributed by atoms with Crippen LogP contribution in [0.5, 0.6) is 0 Å².